The predicted octanol–water partition coefficient (Wildman–Crippen LogP) is -5.53. The number of nitrogens with two attached hydrogens (primary N) is 1. The van der Waals surface area contributed by atoms with Gasteiger partial charge < -0.3 is 61.0 Å². The molecule has 1 spiro atoms. The maximum absolute atomic E-state index is 12.9. The monoisotopic (exact) mass is 438 g/mol. The fourth-order valence-corrected chi connectivity index (χ4v) is 4.49. The van der Waals surface area contributed by atoms with E-state index < -0.39 is 85.7 Å². The number of aliphatic hydroxyl groups is 7. The van der Waals surface area contributed by atoms with Crippen molar-refractivity contribution in [2.75, 3.05) is 19.9 Å². The van der Waals surface area contributed by atoms with Crippen LogP contribution in [0.1, 0.15) is 12.8 Å². The molecule has 0 bridgehead atoms. The first-order chi connectivity index (χ1) is 14.2. The second-order valence-electron chi connectivity index (χ2n) is 8.01. The third-order valence-corrected chi connectivity index (χ3v) is 6.11. The predicted molar refractivity (Wildman–Crippen MR) is 95.3 cm³/mol. The van der Waals surface area contributed by atoms with Gasteiger partial charge in [0.25, 0.3) is 5.91 Å². The van der Waals surface area contributed by atoms with Crippen molar-refractivity contribution < 1.29 is 54.8 Å². The Bertz CT molecular complexity index is 612. The van der Waals surface area contributed by atoms with E-state index in [1.54, 1.807) is 0 Å². The van der Waals surface area contributed by atoms with Crippen LogP contribution in [0.15, 0.2) is 0 Å². The smallest absolute Gasteiger partial charge is 0.256 e. The van der Waals surface area contributed by atoms with Crippen LogP contribution in [-0.2, 0) is 19.0 Å². The first kappa shape index (κ1) is 23.7. The van der Waals surface area contributed by atoms with Crippen molar-refractivity contribution in [1.29, 1.82) is 0 Å². The van der Waals surface area contributed by atoms with E-state index in [4.69, 9.17) is 25.1 Å². The zero-order chi connectivity index (χ0) is 22.2. The van der Waals surface area contributed by atoms with Crippen molar-refractivity contribution >= 4 is 5.91 Å². The van der Waals surface area contributed by atoms with Crippen LogP contribution in [0.3, 0.4) is 0 Å². The van der Waals surface area contributed by atoms with Crippen molar-refractivity contribution in [1.82, 2.24) is 5.32 Å². The zero-order valence-electron chi connectivity index (χ0n) is 16.1. The van der Waals surface area contributed by atoms with Gasteiger partial charge in [-0.25, -0.2) is 0 Å². The Kier molecular flexibility index (Phi) is 7.31. The molecule has 11 atom stereocenters. The molecule has 13 nitrogen and oxygen atoms in total. The fraction of sp³-hybridized carbons (Fsp3) is 0.941. The summed E-state index contributed by atoms with van der Waals surface area (Å²) in [5, 5.41) is 72.6. The molecule has 3 heterocycles. The van der Waals surface area contributed by atoms with Gasteiger partial charge in [-0.1, -0.05) is 0 Å². The van der Waals surface area contributed by atoms with Gasteiger partial charge in [0.1, 0.15) is 25.0 Å². The Morgan fingerprint density at radius 1 is 1.17 bits per heavy atom. The van der Waals surface area contributed by atoms with E-state index in [0.717, 1.165) is 0 Å². The second kappa shape index (κ2) is 9.26. The lowest BCUT2D eigenvalue weighted by molar-refractivity contribution is -0.314. The molecule has 13 heteroatoms. The number of carbonyl (C=O) groups is 1. The molecule has 174 valence electrons. The van der Waals surface area contributed by atoms with E-state index in [1.165, 1.54) is 0 Å². The highest BCUT2D eigenvalue weighted by Gasteiger charge is 2.63. The average Bonchev–Trinajstić information content (AvgIpc) is 2.71. The summed E-state index contributed by atoms with van der Waals surface area (Å²) in [6.07, 6.45) is -11.8. The topological polar surface area (TPSA) is 224 Å². The summed E-state index contributed by atoms with van der Waals surface area (Å²) < 4.78 is 16.6. The van der Waals surface area contributed by atoms with E-state index in [-0.39, 0.29) is 19.6 Å². The lowest BCUT2D eigenvalue weighted by Gasteiger charge is -2.54. The summed E-state index contributed by atoms with van der Waals surface area (Å²) in [6, 6.07) is -0.993. The van der Waals surface area contributed by atoms with Gasteiger partial charge in [0, 0.05) is 18.8 Å². The number of hydrogen-bond acceptors (Lipinski definition) is 12. The molecule has 0 saturated carbocycles. The number of amides is 1. The minimum Gasteiger partial charge on any atom is -0.394 e. The van der Waals surface area contributed by atoms with Gasteiger partial charge >= 0.3 is 0 Å². The molecule has 3 aliphatic heterocycles. The number of carbonyl (C=O) groups excluding carboxylic acids is 1. The number of nitrogens with one attached hydrogen (secondary N) is 1. The molecule has 3 fully saturated rings. The maximum atomic E-state index is 12.9. The number of hydrogen-bond donors (Lipinski definition) is 9. The zero-order valence-corrected chi connectivity index (χ0v) is 16.1. The Hall–Kier alpha value is -0.970. The Morgan fingerprint density at radius 3 is 2.50 bits per heavy atom. The van der Waals surface area contributed by atoms with Gasteiger partial charge in [0.15, 0.2) is 11.9 Å². The summed E-state index contributed by atoms with van der Waals surface area (Å²) in [5.74, 6) is -2.03. The van der Waals surface area contributed by atoms with E-state index in [2.05, 4.69) is 5.32 Å². The van der Waals surface area contributed by atoms with Crippen LogP contribution >= 0.6 is 0 Å². The second-order valence-corrected chi connectivity index (χ2v) is 8.01. The number of rotatable bonds is 5. The molecule has 3 rings (SSSR count). The van der Waals surface area contributed by atoms with Crippen molar-refractivity contribution in [3.8, 4) is 0 Å². The molecule has 3 saturated heterocycles. The average molecular weight is 438 g/mol. The molecule has 30 heavy (non-hydrogen) atoms. The minimum atomic E-state index is -1.93. The summed E-state index contributed by atoms with van der Waals surface area (Å²) in [5.41, 5.74) is 4.04. The van der Waals surface area contributed by atoms with Crippen LogP contribution in [0.5, 0.6) is 0 Å². The molecule has 10 N–H and O–H groups in total. The molecule has 3 aliphatic rings. The minimum absolute atomic E-state index is 0.197. The fourth-order valence-electron chi connectivity index (χ4n) is 4.49. The number of aliphatic hydroxyl groups excluding tert-OH is 7. The van der Waals surface area contributed by atoms with Gasteiger partial charge in [-0.2, -0.15) is 0 Å². The van der Waals surface area contributed by atoms with Crippen LogP contribution in [0, 0.1) is 5.92 Å². The van der Waals surface area contributed by atoms with Crippen molar-refractivity contribution in [3.05, 3.63) is 0 Å². The largest absolute Gasteiger partial charge is 0.394 e. The summed E-state index contributed by atoms with van der Waals surface area (Å²) in [7, 11) is 0. The number of ether oxygens (including phenoxy) is 3. The molecule has 0 aliphatic carbocycles. The molecule has 5 unspecified atom stereocenters. The quantitative estimate of drug-likeness (QED) is 0.196. The van der Waals surface area contributed by atoms with Gasteiger partial charge in [-0.3, -0.25) is 4.79 Å². The van der Waals surface area contributed by atoms with Crippen molar-refractivity contribution in [3.63, 3.8) is 0 Å². The molecule has 1 amide bonds. The first-order valence-corrected chi connectivity index (χ1v) is 9.77. The van der Waals surface area contributed by atoms with E-state index in [1.807, 2.05) is 0 Å². The van der Waals surface area contributed by atoms with Gasteiger partial charge in [-0.05, 0) is 0 Å². The highest BCUT2D eigenvalue weighted by Crippen LogP contribution is 2.43. The molecule has 0 aromatic rings. The van der Waals surface area contributed by atoms with Crippen molar-refractivity contribution in [2.24, 2.45) is 11.7 Å². The SMILES string of the molecule is N[C@H]1C(CC(O)CO)O[C@]2(C[C@H]1O)C(=O)NCO[C@H]2[C@H]1C(O)C(CO)O[C@@H](O)C1O. The van der Waals surface area contributed by atoms with Crippen LogP contribution < -0.4 is 11.1 Å². The van der Waals surface area contributed by atoms with Crippen LogP contribution in [0.25, 0.3) is 0 Å². The van der Waals surface area contributed by atoms with E-state index in [9.17, 15) is 35.4 Å². The summed E-state index contributed by atoms with van der Waals surface area (Å²) in [4.78, 5) is 12.9. The molecule has 0 aromatic carbocycles. The third kappa shape index (κ3) is 4.08. The Labute approximate surface area is 172 Å². The van der Waals surface area contributed by atoms with Gasteiger partial charge in [0.05, 0.1) is 43.7 Å². The van der Waals surface area contributed by atoms with Crippen molar-refractivity contribution in [2.45, 2.75) is 73.5 Å². The standard InChI is InChI=1S/C17H30N2O11/c18-11-7(23)2-17(30-8(11)1-6(22)3-20)14(28-5-19-16(17)27)10-12(24)9(4-21)29-15(26)13(10)25/h6-15,20-26H,1-5,18H2,(H,19,27)/t6?,7-,8?,9?,10+,11-,12?,13?,14+,15-,17+/m1/s1. The van der Waals surface area contributed by atoms with Crippen LogP contribution in [0.2, 0.25) is 0 Å². The van der Waals surface area contributed by atoms with Gasteiger partial charge in [-0.15, -0.1) is 0 Å². The van der Waals surface area contributed by atoms with Crippen LogP contribution in [-0.4, -0.2) is 122 Å². The highest BCUT2D eigenvalue weighted by molar-refractivity contribution is 5.87. The summed E-state index contributed by atoms with van der Waals surface area (Å²) >= 11 is 0. The first-order valence-electron chi connectivity index (χ1n) is 9.77. The van der Waals surface area contributed by atoms with E-state index in [0.29, 0.717) is 0 Å². The maximum Gasteiger partial charge on any atom is 0.256 e. The third-order valence-electron chi connectivity index (χ3n) is 6.11. The lowest BCUT2D eigenvalue weighted by Crippen LogP contribution is -2.75. The summed E-state index contributed by atoms with van der Waals surface area (Å²) in [6.45, 7) is -1.56. The highest BCUT2D eigenvalue weighted by atomic mass is 16.6. The van der Waals surface area contributed by atoms with Gasteiger partial charge in [0.2, 0.25) is 0 Å². The molecule has 0 radical (unpaired) electrons. The normalized spacial score (nSPS) is 48.4. The van der Waals surface area contributed by atoms with Crippen LogP contribution in [0.4, 0.5) is 0 Å². The molecular formula is C17H30N2O11. The molecule has 0 aromatic heterocycles. The Morgan fingerprint density at radius 2 is 1.87 bits per heavy atom. The van der Waals surface area contributed by atoms with E-state index >= 15 is 0 Å². The lowest BCUT2D eigenvalue weighted by atomic mass is 9.71. The molecular weight excluding hydrogens is 408 g/mol. The Balaban J connectivity index is 1.98.